The van der Waals surface area contributed by atoms with Gasteiger partial charge >= 0.3 is 0 Å². The van der Waals surface area contributed by atoms with E-state index in [4.69, 9.17) is 0 Å². The summed E-state index contributed by atoms with van der Waals surface area (Å²) in [5.74, 6) is 0. The highest BCUT2D eigenvalue weighted by atomic mass is 15.1. The Labute approximate surface area is 282 Å². The van der Waals surface area contributed by atoms with Gasteiger partial charge in [-0.3, -0.25) is 0 Å². The Bertz CT molecular complexity index is 2400. The Balaban J connectivity index is 1.24. The number of anilines is 3. The Morgan fingerprint density at radius 3 is 1.42 bits per heavy atom. The standard InChI is InChI=1S/C47H35N/c1-30-21-24-38-39-26-23-33(29-45(39)47(44(38)27-30)41-19-11-8-16-35(41)36-17-9-12-20-42(36)47)48(31-13-5-4-6-14-31)32-22-25-37-34-15-7-10-18-40(34)46(2,3)43(37)28-32/h4-29H,1-3H3. The van der Waals surface area contributed by atoms with Crippen molar-refractivity contribution in [1.82, 2.24) is 0 Å². The lowest BCUT2D eigenvalue weighted by atomic mass is 9.70. The molecular weight excluding hydrogens is 579 g/mol. The lowest BCUT2D eigenvalue weighted by molar-refractivity contribution is 0.660. The van der Waals surface area contributed by atoms with Crippen molar-refractivity contribution >= 4 is 17.1 Å². The van der Waals surface area contributed by atoms with E-state index in [-0.39, 0.29) is 10.8 Å². The maximum absolute atomic E-state index is 2.49. The SMILES string of the molecule is Cc1ccc2c(c1)C1(c3ccccc3-c3ccccc31)c1cc(N(c3ccccc3)c3ccc4c(c3)C(C)(C)c3ccccc3-4)ccc1-2. The van der Waals surface area contributed by atoms with E-state index in [1.807, 2.05) is 0 Å². The van der Waals surface area contributed by atoms with Crippen molar-refractivity contribution in [2.75, 3.05) is 4.90 Å². The van der Waals surface area contributed by atoms with Crippen molar-refractivity contribution in [1.29, 1.82) is 0 Å². The highest BCUT2D eigenvalue weighted by Crippen LogP contribution is 2.63. The first-order chi connectivity index (χ1) is 23.5. The molecule has 0 bridgehead atoms. The number of para-hydroxylation sites is 1. The number of rotatable bonds is 3. The largest absolute Gasteiger partial charge is 0.310 e. The molecule has 0 unspecified atom stereocenters. The molecule has 0 atom stereocenters. The van der Waals surface area contributed by atoms with Crippen LogP contribution in [0.2, 0.25) is 0 Å². The van der Waals surface area contributed by atoms with Crippen LogP contribution in [0.5, 0.6) is 0 Å². The highest BCUT2D eigenvalue weighted by Gasteiger charge is 2.51. The maximum atomic E-state index is 2.49. The van der Waals surface area contributed by atoms with Crippen LogP contribution in [0.4, 0.5) is 17.1 Å². The maximum Gasteiger partial charge on any atom is 0.0726 e. The van der Waals surface area contributed by atoms with Gasteiger partial charge in [-0.2, -0.15) is 0 Å². The number of fused-ring (bicyclic) bond motifs is 13. The van der Waals surface area contributed by atoms with Crippen LogP contribution in [-0.2, 0) is 10.8 Å². The minimum absolute atomic E-state index is 0.0803. The third-order valence-corrected chi connectivity index (χ3v) is 11.3. The first-order valence-corrected chi connectivity index (χ1v) is 17.0. The molecule has 3 aliphatic carbocycles. The molecule has 1 nitrogen and oxygen atoms in total. The molecule has 0 heterocycles. The van der Waals surface area contributed by atoms with E-state index in [1.54, 1.807) is 0 Å². The molecule has 0 amide bonds. The molecule has 0 N–H and O–H groups in total. The van der Waals surface area contributed by atoms with E-state index in [0.717, 1.165) is 5.69 Å². The van der Waals surface area contributed by atoms with Crippen LogP contribution in [0.25, 0.3) is 33.4 Å². The van der Waals surface area contributed by atoms with E-state index in [2.05, 4.69) is 183 Å². The summed E-state index contributed by atoms with van der Waals surface area (Å²) >= 11 is 0. The second kappa shape index (κ2) is 9.69. The number of nitrogens with zero attached hydrogens (tertiary/aromatic N) is 1. The smallest absolute Gasteiger partial charge is 0.0726 e. The second-order valence-electron chi connectivity index (χ2n) is 14.2. The van der Waals surface area contributed by atoms with Gasteiger partial charge in [0.2, 0.25) is 0 Å². The topological polar surface area (TPSA) is 3.24 Å². The van der Waals surface area contributed by atoms with Gasteiger partial charge in [-0.25, -0.2) is 0 Å². The van der Waals surface area contributed by atoms with Gasteiger partial charge in [0.05, 0.1) is 5.41 Å². The average Bonchev–Trinajstić information content (AvgIpc) is 3.67. The van der Waals surface area contributed by atoms with Crippen LogP contribution in [0.3, 0.4) is 0 Å². The van der Waals surface area contributed by atoms with Crippen LogP contribution >= 0.6 is 0 Å². The van der Waals surface area contributed by atoms with Crippen molar-refractivity contribution in [2.24, 2.45) is 0 Å². The summed E-state index contributed by atoms with van der Waals surface area (Å²) in [5, 5.41) is 0. The zero-order chi connectivity index (χ0) is 32.2. The van der Waals surface area contributed by atoms with E-state index >= 15 is 0 Å². The summed E-state index contributed by atoms with van der Waals surface area (Å²) < 4.78 is 0. The summed E-state index contributed by atoms with van der Waals surface area (Å²) in [5.41, 5.74) is 20.6. The van der Waals surface area contributed by atoms with Crippen LogP contribution in [0, 0.1) is 6.92 Å². The Morgan fingerprint density at radius 1 is 0.354 bits per heavy atom. The molecule has 3 aliphatic rings. The van der Waals surface area contributed by atoms with Gasteiger partial charge in [-0.15, -0.1) is 0 Å². The molecule has 0 saturated heterocycles. The van der Waals surface area contributed by atoms with Crippen molar-refractivity contribution in [3.8, 4) is 33.4 Å². The molecule has 0 saturated carbocycles. The van der Waals surface area contributed by atoms with E-state index in [1.165, 1.54) is 83.7 Å². The molecule has 48 heavy (non-hydrogen) atoms. The van der Waals surface area contributed by atoms with Gasteiger partial charge in [0.1, 0.15) is 0 Å². The van der Waals surface area contributed by atoms with Gasteiger partial charge in [-0.05, 0) is 110 Å². The summed E-state index contributed by atoms with van der Waals surface area (Å²) in [4.78, 5) is 2.45. The van der Waals surface area contributed by atoms with E-state index in [9.17, 15) is 0 Å². The van der Waals surface area contributed by atoms with Gasteiger partial charge in [0.25, 0.3) is 0 Å². The van der Waals surface area contributed by atoms with Gasteiger partial charge < -0.3 is 4.90 Å². The summed E-state index contributed by atoms with van der Waals surface area (Å²) in [6, 6.07) is 59.2. The van der Waals surface area contributed by atoms with Gasteiger partial charge in [0, 0.05) is 22.5 Å². The van der Waals surface area contributed by atoms with Crippen molar-refractivity contribution in [3.63, 3.8) is 0 Å². The molecule has 0 aliphatic heterocycles. The van der Waals surface area contributed by atoms with Crippen LogP contribution in [0.15, 0.2) is 158 Å². The summed E-state index contributed by atoms with van der Waals surface area (Å²) in [6.45, 7) is 6.95. The minimum Gasteiger partial charge on any atom is -0.310 e. The van der Waals surface area contributed by atoms with Gasteiger partial charge in [-0.1, -0.05) is 141 Å². The zero-order valence-corrected chi connectivity index (χ0v) is 27.5. The predicted molar refractivity (Wildman–Crippen MR) is 200 cm³/mol. The van der Waals surface area contributed by atoms with Crippen LogP contribution < -0.4 is 4.90 Å². The Hall–Kier alpha value is -5.66. The lowest BCUT2D eigenvalue weighted by Gasteiger charge is -2.32. The first kappa shape index (κ1) is 27.5. The predicted octanol–water partition coefficient (Wildman–Crippen LogP) is 12.1. The average molecular weight is 614 g/mol. The summed E-state index contributed by atoms with van der Waals surface area (Å²) in [7, 11) is 0. The monoisotopic (exact) mass is 613 g/mol. The summed E-state index contributed by atoms with van der Waals surface area (Å²) in [6.07, 6.45) is 0. The molecule has 0 fully saturated rings. The lowest BCUT2D eigenvalue weighted by Crippen LogP contribution is -2.26. The number of hydrogen-bond acceptors (Lipinski definition) is 1. The molecule has 228 valence electrons. The van der Waals surface area contributed by atoms with E-state index < -0.39 is 0 Å². The highest BCUT2D eigenvalue weighted by molar-refractivity contribution is 5.96. The molecule has 10 rings (SSSR count). The first-order valence-electron chi connectivity index (χ1n) is 17.0. The third kappa shape index (κ3) is 3.46. The second-order valence-corrected chi connectivity index (χ2v) is 14.2. The number of hydrogen-bond donors (Lipinski definition) is 0. The van der Waals surface area contributed by atoms with Gasteiger partial charge in [0.15, 0.2) is 0 Å². The molecule has 7 aromatic rings. The molecule has 1 spiro atoms. The third-order valence-electron chi connectivity index (χ3n) is 11.3. The molecule has 7 aromatic carbocycles. The normalized spacial score (nSPS) is 14.9. The quantitative estimate of drug-likeness (QED) is 0.192. The molecule has 0 radical (unpaired) electrons. The fourth-order valence-electron chi connectivity index (χ4n) is 9.24. The molecule has 1 heteroatoms. The fourth-order valence-corrected chi connectivity index (χ4v) is 9.24. The zero-order valence-electron chi connectivity index (χ0n) is 27.5. The van der Waals surface area contributed by atoms with E-state index in [0.29, 0.717) is 0 Å². The molecule has 0 aromatic heterocycles. The van der Waals surface area contributed by atoms with Crippen molar-refractivity contribution < 1.29 is 0 Å². The Kier molecular flexibility index (Phi) is 5.54. The minimum atomic E-state index is -0.385. The number of aryl methyl sites for hydroxylation is 1. The number of benzene rings is 7. The van der Waals surface area contributed by atoms with Crippen molar-refractivity contribution in [3.05, 3.63) is 197 Å². The van der Waals surface area contributed by atoms with Crippen LogP contribution in [0.1, 0.15) is 52.8 Å². The van der Waals surface area contributed by atoms with Crippen molar-refractivity contribution in [2.45, 2.75) is 31.6 Å². The fraction of sp³-hybridized carbons (Fsp3) is 0.106. The Morgan fingerprint density at radius 2 is 0.792 bits per heavy atom. The van der Waals surface area contributed by atoms with Crippen LogP contribution in [-0.4, -0.2) is 0 Å². The molecular formula is C47H35N.